The summed E-state index contributed by atoms with van der Waals surface area (Å²) in [5.74, 6) is -0.565. The zero-order valence-corrected chi connectivity index (χ0v) is 17.2. The van der Waals surface area contributed by atoms with Crippen molar-refractivity contribution < 1.29 is 9.53 Å². The number of halogens is 1. The highest BCUT2D eigenvalue weighted by molar-refractivity contribution is 7.99. The fraction of sp³-hybridized carbons (Fsp3) is 0.0909. The van der Waals surface area contributed by atoms with Gasteiger partial charge in [-0.3, -0.25) is 4.79 Å². The molecule has 6 nitrogen and oxygen atoms in total. The minimum atomic E-state index is -0.461. The molecule has 0 fully saturated rings. The molecule has 0 aliphatic carbocycles. The number of benzene rings is 2. The molecule has 1 heterocycles. The van der Waals surface area contributed by atoms with Crippen LogP contribution in [0.4, 0.5) is 5.82 Å². The van der Waals surface area contributed by atoms with Crippen molar-refractivity contribution in [1.82, 2.24) is 4.98 Å². The van der Waals surface area contributed by atoms with Gasteiger partial charge in [-0.15, -0.1) is 0 Å². The van der Waals surface area contributed by atoms with Crippen molar-refractivity contribution in [2.24, 2.45) is 0 Å². The number of ether oxygens (including phenoxy) is 1. The van der Waals surface area contributed by atoms with Crippen LogP contribution in [0.25, 0.3) is 11.1 Å². The molecular formula is C22H15ClN4O2S. The van der Waals surface area contributed by atoms with Gasteiger partial charge in [0.05, 0.1) is 11.3 Å². The second-order valence-corrected chi connectivity index (χ2v) is 7.44. The molecule has 0 spiro atoms. The molecule has 0 atom stereocenters. The maximum Gasteiger partial charge on any atom is 0.316 e. The lowest BCUT2D eigenvalue weighted by Crippen LogP contribution is -2.09. The summed E-state index contributed by atoms with van der Waals surface area (Å²) in [6.45, 7) is 0.152. The highest BCUT2D eigenvalue weighted by Gasteiger charge is 2.22. The lowest BCUT2D eigenvalue weighted by molar-refractivity contribution is -0.141. The van der Waals surface area contributed by atoms with Crippen LogP contribution in [-0.4, -0.2) is 16.7 Å². The van der Waals surface area contributed by atoms with Gasteiger partial charge in [-0.2, -0.15) is 10.5 Å². The summed E-state index contributed by atoms with van der Waals surface area (Å²) in [5, 5.41) is 19.9. The van der Waals surface area contributed by atoms with Crippen LogP contribution in [0.5, 0.6) is 0 Å². The van der Waals surface area contributed by atoms with E-state index in [-0.39, 0.29) is 34.3 Å². The molecule has 2 N–H and O–H groups in total. The van der Waals surface area contributed by atoms with E-state index in [9.17, 15) is 15.3 Å². The average Bonchev–Trinajstić information content (AvgIpc) is 2.77. The molecule has 148 valence electrons. The summed E-state index contributed by atoms with van der Waals surface area (Å²) in [7, 11) is 0. The van der Waals surface area contributed by atoms with Crippen LogP contribution >= 0.6 is 23.4 Å². The highest BCUT2D eigenvalue weighted by Crippen LogP contribution is 2.38. The molecule has 1 aromatic heterocycles. The van der Waals surface area contributed by atoms with Crippen molar-refractivity contribution in [3.63, 3.8) is 0 Å². The minimum Gasteiger partial charge on any atom is -0.460 e. The van der Waals surface area contributed by atoms with Crippen LogP contribution in [0.1, 0.15) is 16.7 Å². The van der Waals surface area contributed by atoms with Gasteiger partial charge in [0.25, 0.3) is 0 Å². The average molecular weight is 435 g/mol. The highest BCUT2D eigenvalue weighted by atomic mass is 35.5. The van der Waals surface area contributed by atoms with Crippen molar-refractivity contribution in [3.05, 3.63) is 76.3 Å². The number of nitriles is 2. The first kappa shape index (κ1) is 21.2. The maximum absolute atomic E-state index is 12.1. The van der Waals surface area contributed by atoms with Gasteiger partial charge in [0.15, 0.2) is 0 Å². The monoisotopic (exact) mass is 434 g/mol. The number of carbonyl (C=O) groups excluding carboxylic acids is 1. The van der Waals surface area contributed by atoms with Crippen molar-refractivity contribution >= 4 is 35.1 Å². The Kier molecular flexibility index (Phi) is 6.92. The Bertz CT molecular complexity index is 1170. The Balaban J connectivity index is 1.87. The summed E-state index contributed by atoms with van der Waals surface area (Å²) in [6, 6.07) is 20.2. The molecule has 3 aromatic rings. The first-order valence-electron chi connectivity index (χ1n) is 8.76. The molecule has 0 bridgehead atoms. The van der Waals surface area contributed by atoms with Crippen molar-refractivity contribution in [3.8, 4) is 23.3 Å². The van der Waals surface area contributed by atoms with Crippen LogP contribution in [0.15, 0.2) is 59.6 Å². The summed E-state index contributed by atoms with van der Waals surface area (Å²) >= 11 is 7.31. The van der Waals surface area contributed by atoms with Gasteiger partial charge in [0.2, 0.25) is 0 Å². The van der Waals surface area contributed by atoms with Gasteiger partial charge in [-0.1, -0.05) is 71.9 Å². The Morgan fingerprint density at radius 2 is 1.73 bits per heavy atom. The number of carbonyl (C=O) groups is 1. The Labute approximate surface area is 182 Å². The van der Waals surface area contributed by atoms with E-state index in [4.69, 9.17) is 22.1 Å². The molecule has 0 amide bonds. The summed E-state index contributed by atoms with van der Waals surface area (Å²) in [5.41, 5.74) is 7.84. The molecule has 8 heteroatoms. The van der Waals surface area contributed by atoms with E-state index in [1.807, 2.05) is 36.4 Å². The van der Waals surface area contributed by atoms with Crippen LogP contribution < -0.4 is 5.73 Å². The van der Waals surface area contributed by atoms with E-state index in [2.05, 4.69) is 11.1 Å². The fourth-order valence-electron chi connectivity index (χ4n) is 2.74. The van der Waals surface area contributed by atoms with E-state index in [1.165, 1.54) is 0 Å². The quantitative estimate of drug-likeness (QED) is 0.446. The lowest BCUT2D eigenvalue weighted by Gasteiger charge is -2.13. The van der Waals surface area contributed by atoms with Gasteiger partial charge in [-0.05, 0) is 11.6 Å². The second-order valence-electron chi connectivity index (χ2n) is 6.07. The van der Waals surface area contributed by atoms with Gasteiger partial charge < -0.3 is 10.5 Å². The largest absolute Gasteiger partial charge is 0.460 e. The van der Waals surface area contributed by atoms with Gasteiger partial charge >= 0.3 is 5.97 Å². The SMILES string of the molecule is N#Cc1c(N)nc(SCC(=O)OCc2ccccc2)c(C#N)c1-c1ccccc1Cl. The molecule has 0 aliphatic rings. The van der Waals surface area contributed by atoms with Crippen LogP contribution in [0.3, 0.4) is 0 Å². The van der Waals surface area contributed by atoms with Gasteiger partial charge in [-0.25, -0.2) is 4.98 Å². The third-order valence-corrected chi connectivity index (χ3v) is 5.41. The number of rotatable bonds is 6. The molecule has 3 rings (SSSR count). The van der Waals surface area contributed by atoms with Crippen LogP contribution in [-0.2, 0) is 16.1 Å². The standard InChI is InChI=1S/C22H15ClN4O2S/c23-18-9-5-4-8-15(18)20-16(10-24)21(26)27-22(17(20)11-25)30-13-19(28)29-12-14-6-2-1-3-7-14/h1-9H,12-13H2,(H2,26,27). The lowest BCUT2D eigenvalue weighted by atomic mass is 9.97. The summed E-state index contributed by atoms with van der Waals surface area (Å²) < 4.78 is 5.26. The third-order valence-electron chi connectivity index (χ3n) is 4.13. The molecule has 0 saturated heterocycles. The van der Waals surface area contributed by atoms with Crippen molar-refractivity contribution in [2.75, 3.05) is 11.5 Å². The van der Waals surface area contributed by atoms with E-state index >= 15 is 0 Å². The Morgan fingerprint density at radius 1 is 1.07 bits per heavy atom. The predicted molar refractivity (Wildman–Crippen MR) is 115 cm³/mol. The van der Waals surface area contributed by atoms with Crippen molar-refractivity contribution in [2.45, 2.75) is 11.6 Å². The van der Waals surface area contributed by atoms with E-state index < -0.39 is 5.97 Å². The number of hydrogen-bond acceptors (Lipinski definition) is 7. The van der Waals surface area contributed by atoms with Crippen LogP contribution in [0.2, 0.25) is 5.02 Å². The zero-order valence-electron chi connectivity index (χ0n) is 15.6. The molecule has 0 radical (unpaired) electrons. The molecule has 30 heavy (non-hydrogen) atoms. The number of nitrogens with two attached hydrogens (primary N) is 1. The zero-order chi connectivity index (χ0) is 21.5. The second kappa shape index (κ2) is 9.80. The Morgan fingerprint density at radius 3 is 2.40 bits per heavy atom. The Hall–Kier alpha value is -3.52. The van der Waals surface area contributed by atoms with Crippen LogP contribution in [0, 0.1) is 22.7 Å². The normalized spacial score (nSPS) is 10.1. The molecule has 0 aliphatic heterocycles. The summed E-state index contributed by atoms with van der Waals surface area (Å²) in [6.07, 6.45) is 0. The number of thioether (sulfide) groups is 1. The summed E-state index contributed by atoms with van der Waals surface area (Å²) in [4.78, 5) is 16.3. The van der Waals surface area contributed by atoms with E-state index in [0.29, 0.717) is 16.1 Å². The number of nitrogens with zero attached hydrogens (tertiary/aromatic N) is 3. The number of esters is 1. The first-order chi connectivity index (χ1) is 14.5. The maximum atomic E-state index is 12.1. The molecule has 0 unspecified atom stereocenters. The molecule has 2 aromatic carbocycles. The number of aromatic nitrogens is 1. The first-order valence-corrected chi connectivity index (χ1v) is 10.1. The molecular weight excluding hydrogens is 420 g/mol. The smallest absolute Gasteiger partial charge is 0.316 e. The number of nitrogen functional groups attached to an aromatic ring is 1. The predicted octanol–water partition coefficient (Wildman–Crippen LogP) is 4.56. The van der Waals surface area contributed by atoms with Gasteiger partial charge in [0, 0.05) is 16.1 Å². The van der Waals surface area contributed by atoms with E-state index in [0.717, 1.165) is 17.3 Å². The van der Waals surface area contributed by atoms with E-state index in [1.54, 1.807) is 24.3 Å². The number of hydrogen-bond donors (Lipinski definition) is 1. The third kappa shape index (κ3) is 4.72. The minimum absolute atomic E-state index is 0.0356. The van der Waals surface area contributed by atoms with Gasteiger partial charge in [0.1, 0.15) is 35.2 Å². The number of anilines is 1. The fourth-order valence-corrected chi connectivity index (χ4v) is 3.77. The number of pyridine rings is 1. The topological polar surface area (TPSA) is 113 Å². The van der Waals surface area contributed by atoms with Crippen molar-refractivity contribution in [1.29, 1.82) is 10.5 Å². The molecule has 0 saturated carbocycles.